The largest absolute Gasteiger partial charge is 0.378 e. The Bertz CT molecular complexity index is 1250. The molecule has 1 aliphatic rings. The van der Waals surface area contributed by atoms with Crippen LogP contribution in [0.1, 0.15) is 11.1 Å². The van der Waals surface area contributed by atoms with Crippen molar-refractivity contribution in [2.24, 2.45) is 5.10 Å². The normalized spacial score (nSPS) is 14.2. The van der Waals surface area contributed by atoms with E-state index in [-0.39, 0.29) is 0 Å². The van der Waals surface area contributed by atoms with Gasteiger partial charge in [0.15, 0.2) is 5.82 Å². The minimum Gasteiger partial charge on any atom is -0.378 e. The zero-order valence-corrected chi connectivity index (χ0v) is 17.9. The average molecular weight is 425 g/mol. The summed E-state index contributed by atoms with van der Waals surface area (Å²) in [4.78, 5) is 16.1. The molecule has 0 spiro atoms. The van der Waals surface area contributed by atoms with Gasteiger partial charge in [0.25, 0.3) is 0 Å². The summed E-state index contributed by atoms with van der Waals surface area (Å²) >= 11 is 0. The van der Waals surface area contributed by atoms with E-state index in [1.54, 1.807) is 12.4 Å². The van der Waals surface area contributed by atoms with Gasteiger partial charge in [0, 0.05) is 36.4 Å². The number of fused-ring (bicyclic) bond motifs is 1. The van der Waals surface area contributed by atoms with E-state index >= 15 is 0 Å². The summed E-state index contributed by atoms with van der Waals surface area (Å²) in [5.74, 6) is 1.35. The van der Waals surface area contributed by atoms with Crippen LogP contribution in [0.15, 0.2) is 72.1 Å². The number of hydrogen-bond donors (Lipinski definition) is 1. The van der Waals surface area contributed by atoms with Gasteiger partial charge >= 0.3 is 0 Å². The van der Waals surface area contributed by atoms with Crippen LogP contribution in [0.3, 0.4) is 0 Å². The Balaban J connectivity index is 1.58. The summed E-state index contributed by atoms with van der Waals surface area (Å²) in [6.07, 6.45) is 5.40. The molecule has 0 aliphatic carbocycles. The Morgan fingerprint density at radius 2 is 1.81 bits per heavy atom. The molecule has 7 nitrogen and oxygen atoms in total. The second kappa shape index (κ2) is 9.11. The molecular formula is C25H24N6O. The summed E-state index contributed by atoms with van der Waals surface area (Å²) in [5, 5.41) is 5.39. The SMILES string of the molecule is Cc1cccc(/C=N/Nc2nc(N3CCOCC3)nc3c(-c4ccncc4)cccc23)c1. The maximum Gasteiger partial charge on any atom is 0.228 e. The number of benzene rings is 2. The molecule has 1 saturated heterocycles. The number of pyridine rings is 1. The Morgan fingerprint density at radius 1 is 1.00 bits per heavy atom. The highest BCUT2D eigenvalue weighted by atomic mass is 16.5. The van der Waals surface area contributed by atoms with Crippen molar-refractivity contribution >= 4 is 28.9 Å². The lowest BCUT2D eigenvalue weighted by molar-refractivity contribution is 0.122. The summed E-state index contributed by atoms with van der Waals surface area (Å²) in [5.41, 5.74) is 8.36. The van der Waals surface area contributed by atoms with Gasteiger partial charge < -0.3 is 9.64 Å². The summed E-state index contributed by atoms with van der Waals surface area (Å²) < 4.78 is 5.51. The second-order valence-corrected chi connectivity index (χ2v) is 7.69. The Morgan fingerprint density at radius 3 is 2.62 bits per heavy atom. The molecule has 2 aromatic carbocycles. The van der Waals surface area contributed by atoms with Crippen molar-refractivity contribution in [3.05, 3.63) is 78.1 Å². The molecule has 0 radical (unpaired) electrons. The van der Waals surface area contributed by atoms with Crippen molar-refractivity contribution in [1.29, 1.82) is 0 Å². The summed E-state index contributed by atoms with van der Waals surface area (Å²) in [6, 6.07) is 18.3. The maximum atomic E-state index is 5.51. The average Bonchev–Trinajstić information content (AvgIpc) is 2.85. The predicted molar refractivity (Wildman–Crippen MR) is 128 cm³/mol. The first-order valence-electron chi connectivity index (χ1n) is 10.7. The number of hydrogen-bond acceptors (Lipinski definition) is 7. The van der Waals surface area contributed by atoms with Gasteiger partial charge in [-0.05, 0) is 36.2 Å². The number of rotatable bonds is 5. The van der Waals surface area contributed by atoms with Gasteiger partial charge in [-0.3, -0.25) is 10.4 Å². The van der Waals surface area contributed by atoms with E-state index in [4.69, 9.17) is 14.7 Å². The molecule has 1 N–H and O–H groups in total. The van der Waals surface area contributed by atoms with Gasteiger partial charge in [0.1, 0.15) is 0 Å². The third kappa shape index (κ3) is 4.29. The fourth-order valence-electron chi connectivity index (χ4n) is 3.81. The molecule has 1 fully saturated rings. The summed E-state index contributed by atoms with van der Waals surface area (Å²) in [6.45, 7) is 4.92. The minimum atomic E-state index is 0.668. The first-order chi connectivity index (χ1) is 15.8. The Hall–Kier alpha value is -3.84. The van der Waals surface area contributed by atoms with Gasteiger partial charge in [0.2, 0.25) is 5.95 Å². The minimum absolute atomic E-state index is 0.668. The fraction of sp³-hybridized carbons (Fsp3) is 0.200. The van der Waals surface area contributed by atoms with Crippen LogP contribution in [0.5, 0.6) is 0 Å². The number of para-hydroxylation sites is 1. The van der Waals surface area contributed by atoms with E-state index in [0.717, 1.165) is 40.7 Å². The van der Waals surface area contributed by atoms with E-state index in [0.29, 0.717) is 25.0 Å². The van der Waals surface area contributed by atoms with Gasteiger partial charge in [-0.25, -0.2) is 4.98 Å². The molecule has 0 bridgehead atoms. The Labute approximate surface area is 186 Å². The van der Waals surface area contributed by atoms with Gasteiger partial charge in [-0.1, -0.05) is 42.0 Å². The number of aromatic nitrogens is 3. The standard InChI is InChI=1S/C25H24N6O/c1-18-4-2-5-19(16-18)17-27-30-24-22-7-3-6-21(20-8-10-26-11-9-20)23(22)28-25(29-24)31-12-14-32-15-13-31/h2-11,16-17H,12-15H2,1H3,(H,28,29,30)/b27-17+. The van der Waals surface area contributed by atoms with Crippen molar-refractivity contribution in [2.75, 3.05) is 36.6 Å². The van der Waals surface area contributed by atoms with E-state index in [1.165, 1.54) is 5.56 Å². The molecular weight excluding hydrogens is 400 g/mol. The van der Waals surface area contributed by atoms with E-state index < -0.39 is 0 Å². The molecule has 4 aromatic rings. The Kier molecular flexibility index (Phi) is 5.72. The van der Waals surface area contributed by atoms with Crippen molar-refractivity contribution < 1.29 is 4.74 Å². The molecule has 1 aliphatic heterocycles. The quantitative estimate of drug-likeness (QED) is 0.381. The number of anilines is 2. The van der Waals surface area contributed by atoms with E-state index in [9.17, 15) is 0 Å². The van der Waals surface area contributed by atoms with Gasteiger partial charge in [0.05, 0.1) is 24.9 Å². The third-order valence-corrected chi connectivity index (χ3v) is 5.43. The zero-order chi connectivity index (χ0) is 21.8. The number of ether oxygens (including phenoxy) is 1. The van der Waals surface area contributed by atoms with E-state index in [1.807, 2.05) is 42.6 Å². The van der Waals surface area contributed by atoms with Crippen LogP contribution in [0.2, 0.25) is 0 Å². The van der Waals surface area contributed by atoms with Crippen molar-refractivity contribution in [2.45, 2.75) is 6.92 Å². The van der Waals surface area contributed by atoms with Crippen molar-refractivity contribution in [1.82, 2.24) is 15.0 Å². The molecule has 0 amide bonds. The molecule has 2 aromatic heterocycles. The molecule has 32 heavy (non-hydrogen) atoms. The van der Waals surface area contributed by atoms with Crippen LogP contribution in [-0.4, -0.2) is 47.5 Å². The van der Waals surface area contributed by atoms with Crippen LogP contribution < -0.4 is 10.3 Å². The van der Waals surface area contributed by atoms with Crippen molar-refractivity contribution in [3.8, 4) is 11.1 Å². The highest BCUT2D eigenvalue weighted by molar-refractivity contribution is 6.00. The highest BCUT2D eigenvalue weighted by Gasteiger charge is 2.18. The molecule has 0 saturated carbocycles. The lowest BCUT2D eigenvalue weighted by Gasteiger charge is -2.27. The number of nitrogens with zero attached hydrogens (tertiary/aromatic N) is 5. The molecule has 160 valence electrons. The topological polar surface area (TPSA) is 75.5 Å². The highest BCUT2D eigenvalue weighted by Crippen LogP contribution is 2.32. The number of morpholine rings is 1. The predicted octanol–water partition coefficient (Wildman–Crippen LogP) is 4.28. The number of aryl methyl sites for hydroxylation is 1. The van der Waals surface area contributed by atoms with Crippen molar-refractivity contribution in [3.63, 3.8) is 0 Å². The van der Waals surface area contributed by atoms with Crippen LogP contribution in [0.25, 0.3) is 22.0 Å². The third-order valence-electron chi connectivity index (χ3n) is 5.43. The molecule has 0 atom stereocenters. The fourth-order valence-corrected chi connectivity index (χ4v) is 3.81. The second-order valence-electron chi connectivity index (χ2n) is 7.69. The van der Waals surface area contributed by atoms with Crippen LogP contribution >= 0.6 is 0 Å². The molecule has 7 heteroatoms. The number of hydrazone groups is 1. The van der Waals surface area contributed by atoms with E-state index in [2.05, 4.69) is 45.5 Å². The molecule has 0 unspecified atom stereocenters. The lowest BCUT2D eigenvalue weighted by Crippen LogP contribution is -2.37. The zero-order valence-electron chi connectivity index (χ0n) is 17.9. The maximum absolute atomic E-state index is 5.51. The van der Waals surface area contributed by atoms with Gasteiger partial charge in [-0.15, -0.1) is 0 Å². The first kappa shape index (κ1) is 20.1. The smallest absolute Gasteiger partial charge is 0.228 e. The van der Waals surface area contributed by atoms with Gasteiger partial charge in [-0.2, -0.15) is 10.1 Å². The monoisotopic (exact) mass is 424 g/mol. The molecule has 5 rings (SSSR count). The van der Waals surface area contributed by atoms with Crippen LogP contribution in [-0.2, 0) is 4.74 Å². The van der Waals surface area contributed by atoms with Crippen LogP contribution in [0, 0.1) is 6.92 Å². The summed E-state index contributed by atoms with van der Waals surface area (Å²) in [7, 11) is 0. The van der Waals surface area contributed by atoms with Crippen LogP contribution in [0.4, 0.5) is 11.8 Å². The number of nitrogens with one attached hydrogen (secondary N) is 1. The first-order valence-corrected chi connectivity index (χ1v) is 10.7. The molecule has 3 heterocycles. The lowest BCUT2D eigenvalue weighted by atomic mass is 10.0.